The Kier molecular flexibility index (Phi) is 5.88. The lowest BCUT2D eigenvalue weighted by Gasteiger charge is -2.29. The number of carbonyl (C=O) groups excluding carboxylic acids is 4. The van der Waals surface area contributed by atoms with Gasteiger partial charge in [0.25, 0.3) is 17.7 Å². The maximum atomic E-state index is 12.2. The summed E-state index contributed by atoms with van der Waals surface area (Å²) in [6.45, 7) is 1.70. The van der Waals surface area contributed by atoms with E-state index in [1.165, 1.54) is 6.42 Å². The average Bonchev–Trinajstić information content (AvgIpc) is 2.91. The molecule has 1 aromatic carbocycles. The van der Waals surface area contributed by atoms with Crippen LogP contribution in [-0.2, 0) is 14.3 Å². The number of rotatable bonds is 6. The van der Waals surface area contributed by atoms with E-state index in [1.807, 2.05) is 0 Å². The number of benzene rings is 1. The lowest BCUT2D eigenvalue weighted by atomic mass is 9.86. The number of fused-ring (bicyclic) bond motifs is 1. The Morgan fingerprint density at radius 2 is 1.74 bits per heavy atom. The van der Waals surface area contributed by atoms with E-state index in [1.54, 1.807) is 24.3 Å². The molecule has 1 aliphatic carbocycles. The zero-order chi connectivity index (χ0) is 19.4. The van der Waals surface area contributed by atoms with Crippen molar-refractivity contribution in [1.82, 2.24) is 10.2 Å². The molecule has 1 saturated carbocycles. The number of nitrogens with zero attached hydrogens (tertiary/aromatic N) is 1. The highest BCUT2D eigenvalue weighted by Gasteiger charge is 2.35. The fourth-order valence-electron chi connectivity index (χ4n) is 3.64. The normalized spacial score (nSPS) is 21.7. The molecule has 0 spiro atoms. The molecule has 1 aliphatic heterocycles. The predicted molar refractivity (Wildman–Crippen MR) is 96.9 cm³/mol. The van der Waals surface area contributed by atoms with Gasteiger partial charge in [0.15, 0.2) is 6.61 Å². The summed E-state index contributed by atoms with van der Waals surface area (Å²) in [6.07, 6.45) is 4.17. The van der Waals surface area contributed by atoms with Gasteiger partial charge in [0, 0.05) is 12.6 Å². The maximum absolute atomic E-state index is 12.2. The van der Waals surface area contributed by atoms with Crippen LogP contribution < -0.4 is 5.32 Å². The Bertz CT molecular complexity index is 725. The quantitative estimate of drug-likeness (QED) is 0.608. The largest absolute Gasteiger partial charge is 0.456 e. The second kappa shape index (κ2) is 8.33. The molecule has 0 radical (unpaired) electrons. The van der Waals surface area contributed by atoms with Gasteiger partial charge in [-0.05, 0) is 30.9 Å². The summed E-state index contributed by atoms with van der Waals surface area (Å²) in [5.41, 5.74) is 0.689. The topological polar surface area (TPSA) is 92.8 Å². The maximum Gasteiger partial charge on any atom is 0.308 e. The highest BCUT2D eigenvalue weighted by molar-refractivity contribution is 6.21. The van der Waals surface area contributed by atoms with E-state index in [4.69, 9.17) is 4.74 Å². The summed E-state index contributed by atoms with van der Waals surface area (Å²) in [6, 6.07) is 6.68. The molecule has 2 unspecified atom stereocenters. The van der Waals surface area contributed by atoms with Crippen molar-refractivity contribution in [2.24, 2.45) is 5.92 Å². The van der Waals surface area contributed by atoms with Crippen LogP contribution in [0.15, 0.2) is 24.3 Å². The molecule has 0 aromatic heterocycles. The second-order valence-electron chi connectivity index (χ2n) is 7.15. The molecule has 1 N–H and O–H groups in total. The first-order valence-electron chi connectivity index (χ1n) is 9.37. The van der Waals surface area contributed by atoms with E-state index in [0.717, 1.165) is 24.2 Å². The molecule has 0 saturated heterocycles. The van der Waals surface area contributed by atoms with Gasteiger partial charge >= 0.3 is 5.97 Å². The third-order valence-electron chi connectivity index (χ3n) is 5.24. The van der Waals surface area contributed by atoms with Gasteiger partial charge in [0.05, 0.1) is 17.5 Å². The predicted octanol–water partition coefficient (Wildman–Crippen LogP) is 1.91. The van der Waals surface area contributed by atoms with Crippen molar-refractivity contribution in [2.75, 3.05) is 13.2 Å². The van der Waals surface area contributed by atoms with E-state index in [2.05, 4.69) is 12.2 Å². The van der Waals surface area contributed by atoms with Crippen LogP contribution in [0.3, 0.4) is 0 Å². The number of hydrogen-bond acceptors (Lipinski definition) is 5. The fourth-order valence-corrected chi connectivity index (χ4v) is 3.64. The summed E-state index contributed by atoms with van der Waals surface area (Å²) >= 11 is 0. The minimum absolute atomic E-state index is 0.0630. The molecule has 144 valence electrons. The first kappa shape index (κ1) is 19.1. The van der Waals surface area contributed by atoms with Gasteiger partial charge < -0.3 is 10.1 Å². The minimum atomic E-state index is -0.613. The van der Waals surface area contributed by atoms with E-state index in [9.17, 15) is 19.2 Å². The van der Waals surface area contributed by atoms with Gasteiger partial charge in [-0.25, -0.2) is 0 Å². The molecule has 1 heterocycles. The van der Waals surface area contributed by atoms with Crippen LogP contribution in [0, 0.1) is 5.92 Å². The summed E-state index contributed by atoms with van der Waals surface area (Å²) < 4.78 is 4.99. The summed E-state index contributed by atoms with van der Waals surface area (Å²) in [4.78, 5) is 49.4. The molecule has 3 rings (SSSR count). The summed E-state index contributed by atoms with van der Waals surface area (Å²) in [5, 5.41) is 2.91. The van der Waals surface area contributed by atoms with E-state index in [-0.39, 0.29) is 31.5 Å². The van der Waals surface area contributed by atoms with Crippen molar-refractivity contribution in [3.63, 3.8) is 0 Å². The molecule has 1 aromatic rings. The molecule has 7 nitrogen and oxygen atoms in total. The third kappa shape index (κ3) is 4.35. The van der Waals surface area contributed by atoms with Crippen molar-refractivity contribution < 1.29 is 23.9 Å². The average molecular weight is 372 g/mol. The van der Waals surface area contributed by atoms with Crippen LogP contribution in [0.25, 0.3) is 0 Å². The van der Waals surface area contributed by atoms with Crippen molar-refractivity contribution in [2.45, 2.75) is 45.1 Å². The first-order valence-corrected chi connectivity index (χ1v) is 9.37. The molecular weight excluding hydrogens is 348 g/mol. The van der Waals surface area contributed by atoms with E-state index < -0.39 is 17.8 Å². The number of esters is 1. The van der Waals surface area contributed by atoms with Crippen LogP contribution in [-0.4, -0.2) is 47.8 Å². The van der Waals surface area contributed by atoms with Crippen molar-refractivity contribution in [1.29, 1.82) is 0 Å². The van der Waals surface area contributed by atoms with Crippen molar-refractivity contribution >= 4 is 23.7 Å². The molecule has 3 amide bonds. The van der Waals surface area contributed by atoms with Gasteiger partial charge in [-0.2, -0.15) is 0 Å². The Balaban J connectivity index is 1.42. The lowest BCUT2D eigenvalue weighted by Crippen LogP contribution is -2.43. The van der Waals surface area contributed by atoms with E-state index >= 15 is 0 Å². The number of ether oxygens (including phenoxy) is 1. The lowest BCUT2D eigenvalue weighted by molar-refractivity contribution is -0.149. The minimum Gasteiger partial charge on any atom is -0.456 e. The van der Waals surface area contributed by atoms with Crippen LogP contribution in [0.2, 0.25) is 0 Å². The van der Waals surface area contributed by atoms with Gasteiger partial charge in [0.2, 0.25) is 0 Å². The number of amides is 3. The Labute approximate surface area is 158 Å². The first-order chi connectivity index (χ1) is 13.0. The zero-order valence-electron chi connectivity index (χ0n) is 15.4. The number of imide groups is 1. The van der Waals surface area contributed by atoms with Crippen LogP contribution in [0.5, 0.6) is 0 Å². The van der Waals surface area contributed by atoms with Gasteiger partial charge in [-0.3, -0.25) is 24.1 Å². The second-order valence-corrected chi connectivity index (χ2v) is 7.15. The number of carbonyl (C=O) groups is 4. The van der Waals surface area contributed by atoms with Crippen LogP contribution in [0.4, 0.5) is 0 Å². The van der Waals surface area contributed by atoms with Crippen LogP contribution in [0.1, 0.15) is 59.7 Å². The number of hydrogen-bond donors (Lipinski definition) is 1. The summed E-state index contributed by atoms with van der Waals surface area (Å²) in [5.74, 6) is -1.33. The van der Waals surface area contributed by atoms with Crippen molar-refractivity contribution in [3.8, 4) is 0 Å². The molecule has 0 bridgehead atoms. The van der Waals surface area contributed by atoms with Gasteiger partial charge in [0.1, 0.15) is 0 Å². The molecule has 27 heavy (non-hydrogen) atoms. The SMILES string of the molecule is CC1CCCCC1NC(=O)COC(=O)CCN1C(=O)c2ccccc2C1=O. The molecule has 2 atom stereocenters. The summed E-state index contributed by atoms with van der Waals surface area (Å²) in [7, 11) is 0. The van der Waals surface area contributed by atoms with Gasteiger partial charge in [-0.1, -0.05) is 31.9 Å². The molecule has 1 fully saturated rings. The molecule has 7 heteroatoms. The highest BCUT2D eigenvalue weighted by Crippen LogP contribution is 2.24. The monoisotopic (exact) mass is 372 g/mol. The molecular formula is C20H24N2O5. The van der Waals surface area contributed by atoms with Crippen molar-refractivity contribution in [3.05, 3.63) is 35.4 Å². The Morgan fingerprint density at radius 3 is 2.37 bits per heavy atom. The van der Waals surface area contributed by atoms with E-state index in [0.29, 0.717) is 17.0 Å². The number of nitrogens with one attached hydrogen (secondary N) is 1. The molecule has 2 aliphatic rings. The fraction of sp³-hybridized carbons (Fsp3) is 0.500. The Hall–Kier alpha value is -2.70. The highest BCUT2D eigenvalue weighted by atomic mass is 16.5. The van der Waals surface area contributed by atoms with Gasteiger partial charge in [-0.15, -0.1) is 0 Å². The third-order valence-corrected chi connectivity index (χ3v) is 5.24. The van der Waals surface area contributed by atoms with Crippen LogP contribution >= 0.6 is 0 Å². The smallest absolute Gasteiger partial charge is 0.308 e. The standard InChI is InChI=1S/C20H24N2O5/c1-13-6-2-5-9-16(13)21-17(23)12-27-18(24)10-11-22-19(25)14-7-3-4-8-15(14)20(22)26/h3-4,7-8,13,16H,2,5-6,9-12H2,1H3,(H,21,23). The zero-order valence-corrected chi connectivity index (χ0v) is 15.4. The Morgan fingerprint density at radius 1 is 1.11 bits per heavy atom.